The van der Waals surface area contributed by atoms with Gasteiger partial charge in [0.05, 0.1) is 22.3 Å². The topological polar surface area (TPSA) is 21.3 Å². The van der Waals surface area contributed by atoms with Crippen LogP contribution in [0.3, 0.4) is 0 Å². The fourth-order valence-electron chi connectivity index (χ4n) is 3.38. The molecule has 2 nitrogen and oxygen atoms in total. The number of halogens is 2. The molecular formula is C17H25Cl2NO. The number of hydrogen-bond acceptors (Lipinski definition) is 2. The monoisotopic (exact) mass is 329 g/mol. The van der Waals surface area contributed by atoms with E-state index in [-0.39, 0.29) is 18.2 Å². The van der Waals surface area contributed by atoms with E-state index < -0.39 is 0 Å². The minimum absolute atomic E-state index is 0.172. The normalized spacial score (nSPS) is 30.6. The highest BCUT2D eigenvalue weighted by Crippen LogP contribution is 2.43. The van der Waals surface area contributed by atoms with Crippen LogP contribution in [0.15, 0.2) is 18.2 Å². The van der Waals surface area contributed by atoms with Crippen molar-refractivity contribution >= 4 is 23.2 Å². The molecule has 1 aromatic carbocycles. The van der Waals surface area contributed by atoms with Crippen LogP contribution in [0.4, 0.5) is 0 Å². The van der Waals surface area contributed by atoms with Crippen LogP contribution in [0.25, 0.3) is 0 Å². The summed E-state index contributed by atoms with van der Waals surface area (Å²) in [6, 6.07) is 6.05. The number of hydrogen-bond donors (Lipinski definition) is 1. The van der Waals surface area contributed by atoms with E-state index in [4.69, 9.17) is 27.9 Å². The van der Waals surface area contributed by atoms with Crippen molar-refractivity contribution in [1.82, 2.24) is 5.32 Å². The van der Waals surface area contributed by atoms with Crippen molar-refractivity contribution in [2.24, 2.45) is 11.8 Å². The molecule has 0 radical (unpaired) electrons. The first-order valence-corrected chi connectivity index (χ1v) is 8.55. The summed E-state index contributed by atoms with van der Waals surface area (Å²) in [4.78, 5) is 0. The van der Waals surface area contributed by atoms with Crippen molar-refractivity contribution in [3.8, 4) is 0 Å². The second kappa shape index (κ2) is 7.32. The molecule has 0 bridgehead atoms. The molecule has 0 spiro atoms. The molecule has 2 rings (SSSR count). The molecule has 1 aliphatic rings. The summed E-state index contributed by atoms with van der Waals surface area (Å²) in [6.07, 6.45) is 1.56. The first-order chi connectivity index (χ1) is 9.97. The van der Waals surface area contributed by atoms with Crippen LogP contribution < -0.4 is 5.32 Å². The summed E-state index contributed by atoms with van der Waals surface area (Å²) in [6.45, 7) is 9.70. The predicted octanol–water partition coefficient (Wildman–Crippen LogP) is 5.09. The van der Waals surface area contributed by atoms with Crippen LogP contribution in [-0.4, -0.2) is 18.8 Å². The SMILES string of the molecule is CCCNC(c1cccc(Cl)c1Cl)C1C(C)OC(C)C1C. The lowest BCUT2D eigenvalue weighted by Crippen LogP contribution is -2.35. The molecule has 0 aliphatic carbocycles. The van der Waals surface area contributed by atoms with Crippen molar-refractivity contribution in [3.63, 3.8) is 0 Å². The fraction of sp³-hybridized carbons (Fsp3) is 0.647. The minimum atomic E-state index is 0.172. The Bertz CT molecular complexity index is 480. The molecular weight excluding hydrogens is 305 g/mol. The zero-order valence-electron chi connectivity index (χ0n) is 13.2. The Balaban J connectivity index is 2.36. The number of nitrogens with one attached hydrogen (secondary N) is 1. The largest absolute Gasteiger partial charge is 0.375 e. The quantitative estimate of drug-likeness (QED) is 0.811. The Labute approximate surface area is 138 Å². The van der Waals surface area contributed by atoms with Gasteiger partial charge in [-0.25, -0.2) is 0 Å². The summed E-state index contributed by atoms with van der Waals surface area (Å²) in [5, 5.41) is 4.93. The van der Waals surface area contributed by atoms with Crippen LogP contribution in [-0.2, 0) is 4.74 Å². The van der Waals surface area contributed by atoms with Crippen molar-refractivity contribution in [2.45, 2.75) is 52.4 Å². The first kappa shape index (κ1) is 17.1. The maximum atomic E-state index is 6.46. The molecule has 1 fully saturated rings. The number of benzene rings is 1. The van der Waals surface area contributed by atoms with E-state index in [1.807, 2.05) is 12.1 Å². The van der Waals surface area contributed by atoms with Crippen LogP contribution in [0.2, 0.25) is 10.0 Å². The van der Waals surface area contributed by atoms with Gasteiger partial charge in [-0.2, -0.15) is 0 Å². The van der Waals surface area contributed by atoms with Gasteiger partial charge in [-0.3, -0.25) is 0 Å². The zero-order chi connectivity index (χ0) is 15.6. The van der Waals surface area contributed by atoms with Gasteiger partial charge in [-0.05, 0) is 44.4 Å². The third kappa shape index (κ3) is 3.56. The predicted molar refractivity (Wildman–Crippen MR) is 90.2 cm³/mol. The van der Waals surface area contributed by atoms with E-state index in [1.165, 1.54) is 0 Å². The molecule has 21 heavy (non-hydrogen) atoms. The van der Waals surface area contributed by atoms with Crippen molar-refractivity contribution in [2.75, 3.05) is 6.54 Å². The van der Waals surface area contributed by atoms with Crippen LogP contribution in [0.5, 0.6) is 0 Å². The molecule has 1 aliphatic heterocycles. The Hall–Kier alpha value is -0.280. The lowest BCUT2D eigenvalue weighted by molar-refractivity contribution is 0.0475. The molecule has 0 amide bonds. The van der Waals surface area contributed by atoms with Crippen molar-refractivity contribution < 1.29 is 4.74 Å². The van der Waals surface area contributed by atoms with Crippen molar-refractivity contribution in [1.29, 1.82) is 0 Å². The highest BCUT2D eigenvalue weighted by Gasteiger charge is 2.42. The highest BCUT2D eigenvalue weighted by molar-refractivity contribution is 6.42. The van der Waals surface area contributed by atoms with Crippen LogP contribution in [0.1, 0.15) is 45.7 Å². The van der Waals surface area contributed by atoms with E-state index in [9.17, 15) is 0 Å². The van der Waals surface area contributed by atoms with E-state index >= 15 is 0 Å². The molecule has 1 heterocycles. The molecule has 0 saturated carbocycles. The zero-order valence-corrected chi connectivity index (χ0v) is 14.7. The summed E-state index contributed by atoms with van der Waals surface area (Å²) in [5.41, 5.74) is 1.08. The van der Waals surface area contributed by atoms with Gasteiger partial charge < -0.3 is 10.1 Å². The fourth-order valence-corrected chi connectivity index (χ4v) is 3.81. The van der Waals surface area contributed by atoms with Crippen molar-refractivity contribution in [3.05, 3.63) is 33.8 Å². The van der Waals surface area contributed by atoms with E-state index in [0.717, 1.165) is 18.5 Å². The first-order valence-electron chi connectivity index (χ1n) is 7.80. The smallest absolute Gasteiger partial charge is 0.0640 e. The molecule has 1 N–H and O–H groups in total. The molecule has 118 valence electrons. The second-order valence-corrected chi connectivity index (χ2v) is 6.84. The number of rotatable bonds is 5. The molecule has 4 heteroatoms. The molecule has 5 atom stereocenters. The van der Waals surface area contributed by atoms with Gasteiger partial charge in [0.25, 0.3) is 0 Å². The van der Waals surface area contributed by atoms with Crippen LogP contribution in [0, 0.1) is 11.8 Å². The van der Waals surface area contributed by atoms with Gasteiger partial charge in [0, 0.05) is 12.0 Å². The van der Waals surface area contributed by atoms with E-state index in [1.54, 1.807) is 0 Å². The molecule has 5 unspecified atom stereocenters. The Morgan fingerprint density at radius 3 is 2.48 bits per heavy atom. The van der Waals surface area contributed by atoms with E-state index in [0.29, 0.717) is 21.9 Å². The van der Waals surface area contributed by atoms with Gasteiger partial charge in [0.15, 0.2) is 0 Å². The number of ether oxygens (including phenoxy) is 1. The van der Waals surface area contributed by atoms with Gasteiger partial charge in [0.1, 0.15) is 0 Å². The van der Waals surface area contributed by atoms with Crippen LogP contribution >= 0.6 is 23.2 Å². The highest BCUT2D eigenvalue weighted by atomic mass is 35.5. The molecule has 0 aromatic heterocycles. The summed E-state index contributed by atoms with van der Waals surface area (Å²) in [5.74, 6) is 0.868. The van der Waals surface area contributed by atoms with Gasteiger partial charge in [-0.15, -0.1) is 0 Å². The third-order valence-electron chi connectivity index (χ3n) is 4.63. The minimum Gasteiger partial charge on any atom is -0.375 e. The third-order valence-corrected chi connectivity index (χ3v) is 5.47. The standard InChI is InChI=1S/C17H25Cl2NO/c1-5-9-20-17(13-7-6-8-14(18)16(13)19)15-10(2)11(3)21-12(15)4/h6-8,10-12,15,17,20H,5,9H2,1-4H3. The lowest BCUT2D eigenvalue weighted by atomic mass is 9.80. The summed E-state index contributed by atoms with van der Waals surface area (Å²) < 4.78 is 6.02. The summed E-state index contributed by atoms with van der Waals surface area (Å²) >= 11 is 12.7. The summed E-state index contributed by atoms with van der Waals surface area (Å²) in [7, 11) is 0. The Morgan fingerprint density at radius 2 is 1.90 bits per heavy atom. The van der Waals surface area contributed by atoms with Gasteiger partial charge in [0.2, 0.25) is 0 Å². The van der Waals surface area contributed by atoms with Gasteiger partial charge in [-0.1, -0.05) is 49.2 Å². The maximum Gasteiger partial charge on any atom is 0.0640 e. The second-order valence-electron chi connectivity index (χ2n) is 6.06. The average molecular weight is 330 g/mol. The van der Waals surface area contributed by atoms with Gasteiger partial charge >= 0.3 is 0 Å². The molecule has 1 aromatic rings. The Morgan fingerprint density at radius 1 is 1.19 bits per heavy atom. The average Bonchev–Trinajstić information content (AvgIpc) is 2.69. The maximum absolute atomic E-state index is 6.46. The Kier molecular flexibility index (Phi) is 5.96. The van der Waals surface area contributed by atoms with E-state index in [2.05, 4.69) is 39.1 Å². The molecule has 1 saturated heterocycles. The lowest BCUT2D eigenvalue weighted by Gasteiger charge is -2.31.